The molecule has 0 aliphatic carbocycles. The van der Waals surface area contributed by atoms with Crippen LogP contribution in [0.15, 0.2) is 18.2 Å². The highest BCUT2D eigenvalue weighted by molar-refractivity contribution is 6.63. The highest BCUT2D eigenvalue weighted by atomic mass is 16.7. The minimum atomic E-state index is -0.511. The van der Waals surface area contributed by atoms with Crippen LogP contribution < -0.4 is 10.2 Å². The molecular weight excluding hydrogens is 281 g/mol. The quantitative estimate of drug-likeness (QED) is 0.798. The van der Waals surface area contributed by atoms with E-state index < -0.39 is 18.3 Å². The van der Waals surface area contributed by atoms with Crippen LogP contribution in [0.3, 0.4) is 0 Å². The molecule has 1 aliphatic rings. The summed E-state index contributed by atoms with van der Waals surface area (Å²) in [7, 11) is 4.51. The summed E-state index contributed by atoms with van der Waals surface area (Å²) in [6.45, 7) is 8.01. The van der Waals surface area contributed by atoms with E-state index in [0.717, 1.165) is 5.46 Å². The molecule has 0 bridgehead atoms. The van der Waals surface area contributed by atoms with Crippen LogP contribution in [0.4, 0.5) is 0 Å². The Morgan fingerprint density at radius 1 is 1.14 bits per heavy atom. The van der Waals surface area contributed by atoms with Gasteiger partial charge in [-0.25, -0.2) is 0 Å². The van der Waals surface area contributed by atoms with Gasteiger partial charge in [-0.3, -0.25) is 4.79 Å². The van der Waals surface area contributed by atoms with E-state index >= 15 is 0 Å². The second-order valence-electron chi connectivity index (χ2n) is 6.74. The molecule has 6 heteroatoms. The molecule has 1 aliphatic heterocycles. The molecule has 0 unspecified atom stereocenters. The van der Waals surface area contributed by atoms with Crippen molar-refractivity contribution >= 4 is 18.5 Å². The number of carbonyl (C=O) groups excluding carboxylic acids is 1. The van der Waals surface area contributed by atoms with Crippen LogP contribution in [-0.4, -0.2) is 50.3 Å². The summed E-state index contributed by atoms with van der Waals surface area (Å²) >= 11 is 0. The molecule has 0 radical (unpaired) electrons. The highest BCUT2D eigenvalue weighted by Gasteiger charge is 2.52. The number of hydrogen-bond donors (Lipinski definition) is 0. The van der Waals surface area contributed by atoms with Gasteiger partial charge in [0, 0.05) is 25.1 Å². The van der Waals surface area contributed by atoms with Gasteiger partial charge >= 0.3 is 7.12 Å². The zero-order chi connectivity index (χ0) is 16.7. The van der Waals surface area contributed by atoms with Gasteiger partial charge in [0.1, 0.15) is 5.75 Å². The van der Waals surface area contributed by atoms with Gasteiger partial charge in [-0.15, -0.1) is 0 Å². The predicted octanol–water partition coefficient (Wildman–Crippen LogP) is 1.70. The molecule has 0 N–H and O–H groups in total. The molecule has 1 aromatic rings. The Labute approximate surface area is 132 Å². The summed E-state index contributed by atoms with van der Waals surface area (Å²) in [4.78, 5) is 13.6. The molecule has 0 saturated carbocycles. The van der Waals surface area contributed by atoms with Crippen LogP contribution >= 0.6 is 0 Å². The van der Waals surface area contributed by atoms with E-state index in [0.29, 0.717) is 11.3 Å². The third-order valence-corrected chi connectivity index (χ3v) is 4.39. The number of amides is 1. The van der Waals surface area contributed by atoms with Crippen molar-refractivity contribution in [3.63, 3.8) is 0 Å². The number of nitrogens with zero attached hydrogens (tertiary/aromatic N) is 1. The van der Waals surface area contributed by atoms with Crippen LogP contribution in [0.25, 0.3) is 0 Å². The molecule has 2 rings (SSSR count). The molecule has 0 aromatic heterocycles. The van der Waals surface area contributed by atoms with E-state index in [2.05, 4.69) is 0 Å². The normalized spacial score (nSPS) is 19.1. The van der Waals surface area contributed by atoms with Gasteiger partial charge in [-0.2, -0.15) is 0 Å². The number of benzene rings is 1. The van der Waals surface area contributed by atoms with Crippen molar-refractivity contribution in [2.24, 2.45) is 0 Å². The maximum absolute atomic E-state index is 12.1. The van der Waals surface area contributed by atoms with E-state index in [4.69, 9.17) is 14.0 Å². The van der Waals surface area contributed by atoms with Crippen LogP contribution in [0.5, 0.6) is 5.75 Å². The summed E-state index contributed by atoms with van der Waals surface area (Å²) < 4.78 is 17.5. The zero-order valence-electron chi connectivity index (χ0n) is 14.4. The summed E-state index contributed by atoms with van der Waals surface area (Å²) in [6.07, 6.45) is 0. The van der Waals surface area contributed by atoms with Crippen molar-refractivity contribution in [3.05, 3.63) is 23.8 Å². The Morgan fingerprint density at radius 3 is 2.14 bits per heavy atom. The fourth-order valence-corrected chi connectivity index (χ4v) is 2.27. The average molecular weight is 305 g/mol. The van der Waals surface area contributed by atoms with Crippen molar-refractivity contribution in [3.8, 4) is 5.75 Å². The first kappa shape index (κ1) is 16.8. The lowest BCUT2D eigenvalue weighted by atomic mass is 9.78. The van der Waals surface area contributed by atoms with E-state index in [-0.39, 0.29) is 5.91 Å². The molecule has 1 heterocycles. The molecule has 0 spiro atoms. The van der Waals surface area contributed by atoms with Crippen LogP contribution in [0.1, 0.15) is 38.1 Å². The Morgan fingerprint density at radius 2 is 1.68 bits per heavy atom. The van der Waals surface area contributed by atoms with Crippen molar-refractivity contribution in [1.29, 1.82) is 0 Å². The largest absolute Gasteiger partial charge is 0.498 e. The lowest BCUT2D eigenvalue weighted by molar-refractivity contribution is 0.00578. The molecular formula is C16H24BNO4. The Balaban J connectivity index is 2.36. The molecule has 0 atom stereocenters. The minimum Gasteiger partial charge on any atom is -0.497 e. The second kappa shape index (κ2) is 5.59. The summed E-state index contributed by atoms with van der Waals surface area (Å²) in [6, 6.07) is 5.33. The van der Waals surface area contributed by atoms with Crippen molar-refractivity contribution in [2.45, 2.75) is 38.9 Å². The number of hydrogen-bond acceptors (Lipinski definition) is 4. The third kappa shape index (κ3) is 2.85. The van der Waals surface area contributed by atoms with Gasteiger partial charge < -0.3 is 18.9 Å². The van der Waals surface area contributed by atoms with Gasteiger partial charge in [-0.1, -0.05) is 6.07 Å². The van der Waals surface area contributed by atoms with Crippen LogP contribution in [0.2, 0.25) is 0 Å². The van der Waals surface area contributed by atoms with Crippen molar-refractivity contribution < 1.29 is 18.8 Å². The topological polar surface area (TPSA) is 48.0 Å². The molecule has 22 heavy (non-hydrogen) atoms. The maximum Gasteiger partial charge on any atom is 0.498 e. The van der Waals surface area contributed by atoms with E-state index in [1.807, 2.05) is 33.8 Å². The van der Waals surface area contributed by atoms with Gasteiger partial charge in [0.15, 0.2) is 0 Å². The predicted molar refractivity (Wildman–Crippen MR) is 86.7 cm³/mol. The standard InChI is InChI=1S/C16H24BNO4/c1-15(2)16(3,4)22-17(21-15)12-9-8-11(10-13(12)20-7)14(19)18(5)6/h8-10H,1-7H3. The monoisotopic (exact) mass is 305 g/mol. The summed E-state index contributed by atoms with van der Waals surface area (Å²) in [5.74, 6) is 0.518. The highest BCUT2D eigenvalue weighted by Crippen LogP contribution is 2.37. The first-order valence-electron chi connectivity index (χ1n) is 7.34. The molecule has 120 valence electrons. The van der Waals surface area contributed by atoms with Crippen molar-refractivity contribution in [2.75, 3.05) is 21.2 Å². The lowest BCUT2D eigenvalue weighted by Crippen LogP contribution is -2.41. The van der Waals surface area contributed by atoms with Crippen LogP contribution in [0, 0.1) is 0 Å². The lowest BCUT2D eigenvalue weighted by Gasteiger charge is -2.32. The van der Waals surface area contributed by atoms with E-state index in [1.54, 1.807) is 33.3 Å². The number of carbonyl (C=O) groups is 1. The molecule has 1 amide bonds. The van der Waals surface area contributed by atoms with Gasteiger partial charge in [-0.05, 0) is 39.8 Å². The van der Waals surface area contributed by atoms with Gasteiger partial charge in [0.05, 0.1) is 18.3 Å². The van der Waals surface area contributed by atoms with E-state index in [1.165, 1.54) is 4.90 Å². The number of ether oxygens (including phenoxy) is 1. The Hall–Kier alpha value is -1.53. The fraction of sp³-hybridized carbons (Fsp3) is 0.562. The number of rotatable bonds is 3. The Kier molecular flexibility index (Phi) is 4.28. The number of methoxy groups -OCH3 is 1. The van der Waals surface area contributed by atoms with Gasteiger partial charge in [0.2, 0.25) is 0 Å². The van der Waals surface area contributed by atoms with Crippen molar-refractivity contribution in [1.82, 2.24) is 4.90 Å². The minimum absolute atomic E-state index is 0.0706. The first-order valence-corrected chi connectivity index (χ1v) is 7.34. The summed E-state index contributed by atoms with van der Waals surface area (Å²) in [5, 5.41) is 0. The molecule has 5 nitrogen and oxygen atoms in total. The molecule has 1 fully saturated rings. The van der Waals surface area contributed by atoms with E-state index in [9.17, 15) is 4.79 Å². The molecule has 1 saturated heterocycles. The first-order chi connectivity index (χ1) is 10.1. The Bertz CT molecular complexity index is 568. The molecule has 1 aromatic carbocycles. The SMILES string of the molecule is COc1cc(C(=O)N(C)C)ccc1B1OC(C)(C)C(C)(C)O1. The average Bonchev–Trinajstić information content (AvgIpc) is 2.65. The zero-order valence-corrected chi connectivity index (χ0v) is 14.4. The van der Waals surface area contributed by atoms with Gasteiger partial charge in [0.25, 0.3) is 5.91 Å². The summed E-state index contributed by atoms with van der Waals surface area (Å²) in [5.41, 5.74) is 0.528. The second-order valence-corrected chi connectivity index (χ2v) is 6.74. The van der Waals surface area contributed by atoms with Crippen LogP contribution in [-0.2, 0) is 9.31 Å². The fourth-order valence-electron chi connectivity index (χ4n) is 2.27. The third-order valence-electron chi connectivity index (χ3n) is 4.39. The smallest absolute Gasteiger partial charge is 0.497 e. The maximum atomic E-state index is 12.1.